The van der Waals surface area contributed by atoms with Crippen LogP contribution in [-0.2, 0) is 6.54 Å². The van der Waals surface area contributed by atoms with E-state index in [9.17, 15) is 4.79 Å². The molecule has 0 spiro atoms. The predicted molar refractivity (Wildman–Crippen MR) is 113 cm³/mol. The summed E-state index contributed by atoms with van der Waals surface area (Å²) in [4.78, 5) is 17.1. The number of likely N-dealkylation sites (N-methyl/N-ethyl adjacent to an activating group) is 1. The highest BCUT2D eigenvalue weighted by Gasteiger charge is 2.29. The average Bonchev–Trinajstić information content (AvgIpc) is 3.15. The van der Waals surface area contributed by atoms with E-state index in [1.54, 1.807) is 0 Å². The first-order valence-electron chi connectivity index (χ1n) is 10.0. The molecule has 1 fully saturated rings. The Morgan fingerprint density at radius 1 is 1.04 bits per heavy atom. The summed E-state index contributed by atoms with van der Waals surface area (Å²) in [6, 6.07) is 21.0. The van der Waals surface area contributed by atoms with E-state index >= 15 is 0 Å². The van der Waals surface area contributed by atoms with E-state index in [1.807, 2.05) is 23.1 Å². The van der Waals surface area contributed by atoms with Crippen molar-refractivity contribution >= 4 is 16.9 Å². The molecule has 1 atom stereocenters. The molecular weight excluding hydrogens is 348 g/mol. The second kappa shape index (κ2) is 8.48. The zero-order valence-electron chi connectivity index (χ0n) is 16.4. The normalized spacial score (nSPS) is 17.8. The van der Waals surface area contributed by atoms with Gasteiger partial charge in [0.2, 0.25) is 0 Å². The van der Waals surface area contributed by atoms with Crippen molar-refractivity contribution in [2.24, 2.45) is 0 Å². The molecule has 3 aromatic rings. The number of carbonyl (C=O) groups is 1. The van der Waals surface area contributed by atoms with Crippen LogP contribution in [0.3, 0.4) is 0 Å². The fourth-order valence-electron chi connectivity index (χ4n) is 4.00. The van der Waals surface area contributed by atoms with E-state index in [1.165, 1.54) is 16.5 Å². The van der Waals surface area contributed by atoms with Crippen LogP contribution in [0.15, 0.2) is 66.9 Å². The smallest absolute Gasteiger partial charge is 0.318 e. The lowest BCUT2D eigenvalue weighted by Crippen LogP contribution is -2.52. The van der Waals surface area contributed by atoms with E-state index in [-0.39, 0.29) is 12.1 Å². The van der Waals surface area contributed by atoms with Gasteiger partial charge in [0.25, 0.3) is 0 Å². The Hall–Kier alpha value is -2.79. The highest BCUT2D eigenvalue weighted by atomic mass is 16.2. The molecule has 0 radical (unpaired) electrons. The fraction of sp³-hybridized carbons (Fsp3) is 0.348. The predicted octanol–water partition coefficient (Wildman–Crippen LogP) is 3.73. The maximum Gasteiger partial charge on any atom is 0.318 e. The first-order valence-corrected chi connectivity index (χ1v) is 10.0. The number of nitrogens with zero attached hydrogens (tertiary/aromatic N) is 3. The van der Waals surface area contributed by atoms with Gasteiger partial charge in [-0.1, -0.05) is 48.5 Å². The van der Waals surface area contributed by atoms with Gasteiger partial charge in [0.05, 0.1) is 6.04 Å². The highest BCUT2D eigenvalue weighted by Crippen LogP contribution is 2.24. The number of rotatable bonds is 5. The molecule has 28 heavy (non-hydrogen) atoms. The van der Waals surface area contributed by atoms with Crippen LogP contribution in [0.2, 0.25) is 0 Å². The van der Waals surface area contributed by atoms with Gasteiger partial charge < -0.3 is 19.7 Å². The quantitative estimate of drug-likeness (QED) is 0.690. The largest absolute Gasteiger partial charge is 0.347 e. The molecule has 5 heteroatoms. The van der Waals surface area contributed by atoms with E-state index in [0.29, 0.717) is 6.54 Å². The number of benzene rings is 2. The Labute approximate surface area is 166 Å². The first-order chi connectivity index (χ1) is 13.7. The number of amides is 2. The molecule has 0 bridgehead atoms. The van der Waals surface area contributed by atoms with Crippen molar-refractivity contribution in [1.29, 1.82) is 0 Å². The molecular formula is C23H28N4O. The Balaban J connectivity index is 1.33. The number of aryl methyl sites for hydroxylation is 1. The minimum atomic E-state index is 0.0410. The Morgan fingerprint density at radius 3 is 2.68 bits per heavy atom. The van der Waals surface area contributed by atoms with Crippen molar-refractivity contribution in [2.75, 3.05) is 33.2 Å². The second-order valence-electron chi connectivity index (χ2n) is 7.54. The van der Waals surface area contributed by atoms with Gasteiger partial charge in [0.15, 0.2) is 0 Å². The zero-order chi connectivity index (χ0) is 19.3. The molecule has 0 aliphatic carbocycles. The Morgan fingerprint density at radius 2 is 1.82 bits per heavy atom. The summed E-state index contributed by atoms with van der Waals surface area (Å²) in [5, 5.41) is 4.39. The van der Waals surface area contributed by atoms with Crippen molar-refractivity contribution < 1.29 is 4.79 Å². The second-order valence-corrected chi connectivity index (χ2v) is 7.54. The first kappa shape index (κ1) is 18.6. The molecule has 1 aliphatic rings. The monoisotopic (exact) mass is 376 g/mol. The highest BCUT2D eigenvalue weighted by molar-refractivity contribution is 5.79. The lowest BCUT2D eigenvalue weighted by Gasteiger charge is -2.40. The summed E-state index contributed by atoms with van der Waals surface area (Å²) in [7, 11) is 2.12. The number of para-hydroxylation sites is 1. The number of aromatic nitrogens is 1. The van der Waals surface area contributed by atoms with Crippen LogP contribution in [0.25, 0.3) is 10.9 Å². The van der Waals surface area contributed by atoms with Crippen LogP contribution in [-0.4, -0.2) is 53.6 Å². The molecule has 2 heterocycles. The molecule has 2 amide bonds. The number of urea groups is 1. The molecule has 1 aromatic heterocycles. The summed E-state index contributed by atoms with van der Waals surface area (Å²) >= 11 is 0. The third kappa shape index (κ3) is 4.04. The lowest BCUT2D eigenvalue weighted by atomic mass is 10.0. The summed E-state index contributed by atoms with van der Waals surface area (Å²) in [6.45, 7) is 4.11. The number of hydrogen-bond donors (Lipinski definition) is 1. The molecule has 0 saturated carbocycles. The minimum absolute atomic E-state index is 0.0410. The summed E-state index contributed by atoms with van der Waals surface area (Å²) < 4.78 is 2.25. The average molecular weight is 377 g/mol. The van der Waals surface area contributed by atoms with Crippen molar-refractivity contribution in [3.05, 3.63) is 72.4 Å². The Kier molecular flexibility index (Phi) is 5.63. The van der Waals surface area contributed by atoms with E-state index in [4.69, 9.17) is 0 Å². The van der Waals surface area contributed by atoms with E-state index in [0.717, 1.165) is 32.6 Å². The Bertz CT molecular complexity index is 921. The minimum Gasteiger partial charge on any atom is -0.347 e. The number of hydrogen-bond acceptors (Lipinski definition) is 2. The lowest BCUT2D eigenvalue weighted by molar-refractivity contribution is 0.109. The van der Waals surface area contributed by atoms with Crippen molar-refractivity contribution in [1.82, 2.24) is 19.7 Å². The number of piperazine rings is 1. The summed E-state index contributed by atoms with van der Waals surface area (Å²) in [5.41, 5.74) is 2.44. The molecule has 1 unspecified atom stereocenters. The number of nitrogens with one attached hydrogen (secondary N) is 1. The van der Waals surface area contributed by atoms with Gasteiger partial charge >= 0.3 is 6.03 Å². The van der Waals surface area contributed by atoms with Gasteiger partial charge in [-0.05, 0) is 36.6 Å². The molecule has 146 valence electrons. The van der Waals surface area contributed by atoms with Crippen molar-refractivity contribution in [2.45, 2.75) is 19.0 Å². The van der Waals surface area contributed by atoms with E-state index in [2.05, 4.69) is 70.5 Å². The molecule has 4 rings (SSSR count). The molecule has 1 N–H and O–H groups in total. The maximum atomic E-state index is 12.9. The van der Waals surface area contributed by atoms with Gasteiger partial charge in [-0.25, -0.2) is 4.79 Å². The zero-order valence-corrected chi connectivity index (χ0v) is 16.4. The van der Waals surface area contributed by atoms with Crippen LogP contribution < -0.4 is 5.32 Å². The van der Waals surface area contributed by atoms with Crippen LogP contribution in [0.5, 0.6) is 0 Å². The summed E-state index contributed by atoms with van der Waals surface area (Å²) in [6.07, 6.45) is 3.03. The maximum absolute atomic E-state index is 12.9. The molecule has 1 saturated heterocycles. The van der Waals surface area contributed by atoms with Gasteiger partial charge in [0, 0.05) is 44.4 Å². The van der Waals surface area contributed by atoms with Gasteiger partial charge in [-0.15, -0.1) is 0 Å². The van der Waals surface area contributed by atoms with Crippen LogP contribution in [0.4, 0.5) is 4.79 Å². The summed E-state index contributed by atoms with van der Waals surface area (Å²) in [5.74, 6) is 0. The standard InChI is InChI=1S/C23H28N4O/c1-25-16-17-27(22(18-25)19-8-3-2-4-9-19)23(28)24-13-7-14-26-15-12-20-10-5-6-11-21(20)26/h2-6,8-12,15,22H,7,13-14,16-18H2,1H3,(H,24,28). The third-order valence-electron chi connectivity index (χ3n) is 5.56. The van der Waals surface area contributed by atoms with Crippen LogP contribution in [0, 0.1) is 0 Å². The molecule has 5 nitrogen and oxygen atoms in total. The molecule has 1 aliphatic heterocycles. The van der Waals surface area contributed by atoms with E-state index < -0.39 is 0 Å². The van der Waals surface area contributed by atoms with Gasteiger partial charge in [0.1, 0.15) is 0 Å². The number of fused-ring (bicyclic) bond motifs is 1. The SMILES string of the molecule is CN1CCN(C(=O)NCCCn2ccc3ccccc32)C(c2ccccc2)C1. The van der Waals surface area contributed by atoms with Gasteiger partial charge in [-0.2, -0.15) is 0 Å². The van der Waals surface area contributed by atoms with Crippen LogP contribution in [0.1, 0.15) is 18.0 Å². The molecule has 2 aromatic carbocycles. The van der Waals surface area contributed by atoms with Gasteiger partial charge in [-0.3, -0.25) is 0 Å². The topological polar surface area (TPSA) is 40.5 Å². The third-order valence-corrected chi connectivity index (χ3v) is 5.56. The fourth-order valence-corrected chi connectivity index (χ4v) is 4.00. The van der Waals surface area contributed by atoms with Crippen molar-refractivity contribution in [3.63, 3.8) is 0 Å². The van der Waals surface area contributed by atoms with Crippen molar-refractivity contribution in [3.8, 4) is 0 Å². The number of carbonyl (C=O) groups excluding carboxylic acids is 1. The van der Waals surface area contributed by atoms with Crippen LogP contribution >= 0.6 is 0 Å².